The largest absolute Gasteiger partial charge is 0.471 e. The Labute approximate surface area is 104 Å². The molecule has 96 valence electrons. The number of amides is 1. The molecule has 1 aromatic rings. The minimum absolute atomic E-state index is 0.122. The van der Waals surface area contributed by atoms with E-state index in [0.717, 1.165) is 0 Å². The van der Waals surface area contributed by atoms with Gasteiger partial charge < -0.3 is 5.32 Å². The van der Waals surface area contributed by atoms with E-state index in [1.165, 1.54) is 13.8 Å². The van der Waals surface area contributed by atoms with Gasteiger partial charge in [-0.05, 0) is 19.4 Å². The van der Waals surface area contributed by atoms with Gasteiger partial charge in [0.2, 0.25) is 0 Å². The van der Waals surface area contributed by atoms with Crippen molar-refractivity contribution in [3.63, 3.8) is 0 Å². The van der Waals surface area contributed by atoms with E-state index in [4.69, 9.17) is 5.26 Å². The van der Waals surface area contributed by atoms with Gasteiger partial charge in [-0.2, -0.15) is 18.4 Å². The van der Waals surface area contributed by atoms with Gasteiger partial charge in [0, 0.05) is 0 Å². The summed E-state index contributed by atoms with van der Waals surface area (Å²) in [6.45, 7) is 2.67. The summed E-state index contributed by atoms with van der Waals surface area (Å²) in [6.07, 6.45) is -5.04. The van der Waals surface area contributed by atoms with Crippen molar-refractivity contribution in [1.29, 1.82) is 5.26 Å². The standard InChI is InChI=1S/C10H7F3N2O2S/c1-4-6(3-14)8(18-7(4)5(2)16)15-9(17)10(11,12)13/h1-2H3,(H,15,17). The van der Waals surface area contributed by atoms with Crippen LogP contribution >= 0.6 is 11.3 Å². The van der Waals surface area contributed by atoms with Crippen LogP contribution in [0.3, 0.4) is 0 Å². The van der Waals surface area contributed by atoms with Crippen molar-refractivity contribution in [2.75, 3.05) is 5.32 Å². The van der Waals surface area contributed by atoms with Gasteiger partial charge in [0.15, 0.2) is 5.78 Å². The molecule has 18 heavy (non-hydrogen) atoms. The number of hydrogen-bond donors (Lipinski definition) is 1. The molecule has 0 saturated carbocycles. The predicted molar refractivity (Wildman–Crippen MR) is 58.5 cm³/mol. The summed E-state index contributed by atoms with van der Waals surface area (Å²) in [4.78, 5) is 22.1. The van der Waals surface area contributed by atoms with Gasteiger partial charge in [-0.15, -0.1) is 11.3 Å². The van der Waals surface area contributed by atoms with Crippen LogP contribution in [0.5, 0.6) is 0 Å². The van der Waals surface area contributed by atoms with Crippen LogP contribution in [0.25, 0.3) is 0 Å². The van der Waals surface area contributed by atoms with E-state index in [1.54, 1.807) is 11.4 Å². The third-order valence-corrected chi connectivity index (χ3v) is 3.37. The molecule has 0 radical (unpaired) electrons. The molecule has 1 amide bonds. The van der Waals surface area contributed by atoms with Crippen molar-refractivity contribution in [1.82, 2.24) is 0 Å². The monoisotopic (exact) mass is 276 g/mol. The fraction of sp³-hybridized carbons (Fsp3) is 0.300. The number of thiophene rings is 1. The van der Waals surface area contributed by atoms with Crippen LogP contribution < -0.4 is 5.32 Å². The summed E-state index contributed by atoms with van der Waals surface area (Å²) in [5.74, 6) is -2.54. The highest BCUT2D eigenvalue weighted by Crippen LogP contribution is 2.33. The topological polar surface area (TPSA) is 70.0 Å². The smallest absolute Gasteiger partial charge is 0.309 e. The van der Waals surface area contributed by atoms with Crippen LogP contribution in [0.15, 0.2) is 0 Å². The first-order chi connectivity index (χ1) is 8.18. The number of alkyl halides is 3. The Morgan fingerprint density at radius 3 is 2.33 bits per heavy atom. The predicted octanol–water partition coefficient (Wildman–Crippen LogP) is 2.63. The van der Waals surface area contributed by atoms with Gasteiger partial charge in [0.05, 0.1) is 10.4 Å². The molecule has 1 heterocycles. The molecule has 0 spiro atoms. The third-order valence-electron chi connectivity index (χ3n) is 2.06. The van der Waals surface area contributed by atoms with Crippen molar-refractivity contribution in [3.05, 3.63) is 16.0 Å². The summed E-state index contributed by atoms with van der Waals surface area (Å²) >= 11 is 0.659. The zero-order chi connectivity index (χ0) is 14.1. The summed E-state index contributed by atoms with van der Waals surface area (Å²) in [5.41, 5.74) is 0.148. The maximum absolute atomic E-state index is 12.1. The molecular formula is C10H7F3N2O2S. The highest BCUT2D eigenvalue weighted by molar-refractivity contribution is 7.18. The Morgan fingerprint density at radius 2 is 1.94 bits per heavy atom. The van der Waals surface area contributed by atoms with Gasteiger partial charge in [-0.25, -0.2) is 0 Å². The molecule has 0 aliphatic heterocycles. The van der Waals surface area contributed by atoms with Crippen molar-refractivity contribution >= 4 is 28.0 Å². The molecule has 0 aliphatic rings. The molecule has 0 unspecified atom stereocenters. The van der Waals surface area contributed by atoms with Gasteiger partial charge in [0.25, 0.3) is 0 Å². The van der Waals surface area contributed by atoms with E-state index in [1.807, 2.05) is 0 Å². The normalized spacial score (nSPS) is 10.9. The highest BCUT2D eigenvalue weighted by Gasteiger charge is 2.39. The number of rotatable bonds is 2. The fourth-order valence-electron chi connectivity index (χ4n) is 1.25. The number of halogens is 3. The number of nitrogens with one attached hydrogen (secondary N) is 1. The second-order valence-electron chi connectivity index (χ2n) is 3.38. The van der Waals surface area contributed by atoms with Crippen LogP contribution in [0.4, 0.5) is 18.2 Å². The number of anilines is 1. The minimum atomic E-state index is -5.04. The Kier molecular flexibility index (Phi) is 3.76. The second-order valence-corrected chi connectivity index (χ2v) is 4.40. The number of nitrogens with zero attached hydrogens (tertiary/aromatic N) is 1. The van der Waals surface area contributed by atoms with Crippen molar-refractivity contribution in [2.24, 2.45) is 0 Å². The lowest BCUT2D eigenvalue weighted by molar-refractivity contribution is -0.167. The van der Waals surface area contributed by atoms with Crippen LogP contribution in [0.2, 0.25) is 0 Å². The number of carbonyl (C=O) groups excluding carboxylic acids is 2. The summed E-state index contributed by atoms with van der Waals surface area (Å²) in [7, 11) is 0. The lowest BCUT2D eigenvalue weighted by Crippen LogP contribution is -2.29. The van der Waals surface area contributed by atoms with Gasteiger partial charge in [-0.3, -0.25) is 9.59 Å². The molecule has 0 fully saturated rings. The summed E-state index contributed by atoms with van der Waals surface area (Å²) in [5, 5.41) is 10.2. The number of carbonyl (C=O) groups is 2. The fourth-order valence-corrected chi connectivity index (χ4v) is 2.29. The van der Waals surface area contributed by atoms with Crippen LogP contribution in [-0.4, -0.2) is 17.9 Å². The van der Waals surface area contributed by atoms with E-state index >= 15 is 0 Å². The Balaban J connectivity index is 3.19. The van der Waals surface area contributed by atoms with Crippen molar-refractivity contribution in [3.8, 4) is 6.07 Å². The number of ketones is 1. The SMILES string of the molecule is CC(=O)c1sc(NC(=O)C(F)(F)F)c(C#N)c1C. The average molecular weight is 276 g/mol. The van der Waals surface area contributed by atoms with Gasteiger partial charge in [0.1, 0.15) is 11.1 Å². The molecular weight excluding hydrogens is 269 g/mol. The average Bonchev–Trinajstić information content (AvgIpc) is 2.53. The molecule has 8 heteroatoms. The van der Waals surface area contributed by atoms with E-state index < -0.39 is 12.1 Å². The summed E-state index contributed by atoms with van der Waals surface area (Å²) < 4.78 is 36.2. The van der Waals surface area contributed by atoms with Crippen LogP contribution in [0.1, 0.15) is 27.7 Å². The molecule has 4 nitrogen and oxygen atoms in total. The van der Waals surface area contributed by atoms with Crippen LogP contribution in [0, 0.1) is 18.3 Å². The van der Waals surface area contributed by atoms with E-state index in [-0.39, 0.29) is 26.8 Å². The third kappa shape index (κ3) is 2.68. The molecule has 0 aliphatic carbocycles. The molecule has 1 aromatic heterocycles. The van der Waals surface area contributed by atoms with E-state index in [0.29, 0.717) is 11.3 Å². The number of hydrogen-bond acceptors (Lipinski definition) is 4. The Hall–Kier alpha value is -1.88. The number of Topliss-reactive ketones (excluding diaryl/α,β-unsaturated/α-hetero) is 1. The Morgan fingerprint density at radius 1 is 1.39 bits per heavy atom. The molecule has 1 rings (SSSR count). The van der Waals surface area contributed by atoms with Gasteiger partial charge in [-0.1, -0.05) is 0 Å². The maximum atomic E-state index is 12.1. The quantitative estimate of drug-likeness (QED) is 0.844. The molecule has 1 N–H and O–H groups in total. The van der Waals surface area contributed by atoms with Crippen molar-refractivity contribution in [2.45, 2.75) is 20.0 Å². The first-order valence-electron chi connectivity index (χ1n) is 4.61. The maximum Gasteiger partial charge on any atom is 0.471 e. The van der Waals surface area contributed by atoms with Crippen LogP contribution in [-0.2, 0) is 4.79 Å². The van der Waals surface area contributed by atoms with E-state index in [9.17, 15) is 22.8 Å². The number of nitriles is 1. The lowest BCUT2D eigenvalue weighted by Gasteiger charge is -2.05. The highest BCUT2D eigenvalue weighted by atomic mass is 32.1. The zero-order valence-electron chi connectivity index (χ0n) is 9.31. The molecule has 0 bridgehead atoms. The van der Waals surface area contributed by atoms with Crippen molar-refractivity contribution < 1.29 is 22.8 Å². The van der Waals surface area contributed by atoms with E-state index in [2.05, 4.69) is 0 Å². The first kappa shape index (κ1) is 14.2. The zero-order valence-corrected chi connectivity index (χ0v) is 10.1. The lowest BCUT2D eigenvalue weighted by atomic mass is 10.1. The molecule has 0 aromatic carbocycles. The van der Waals surface area contributed by atoms with Gasteiger partial charge >= 0.3 is 12.1 Å². The minimum Gasteiger partial charge on any atom is -0.309 e. The summed E-state index contributed by atoms with van der Waals surface area (Å²) in [6, 6.07) is 1.67. The first-order valence-corrected chi connectivity index (χ1v) is 5.42. The molecule has 0 saturated heterocycles. The molecule has 0 atom stereocenters. The Bertz CT molecular complexity index is 555. The second kappa shape index (κ2) is 4.78.